The van der Waals surface area contributed by atoms with Gasteiger partial charge >= 0.3 is 6.01 Å². The molecule has 0 unspecified atom stereocenters. The van der Waals surface area contributed by atoms with Crippen LogP contribution < -0.4 is 5.32 Å². The topological polar surface area (TPSA) is 54.2 Å². The lowest BCUT2D eigenvalue weighted by Gasteiger charge is -2.30. The molecule has 5 heteroatoms. The summed E-state index contributed by atoms with van der Waals surface area (Å²) in [4.78, 5) is 2.47. The lowest BCUT2D eigenvalue weighted by Crippen LogP contribution is -2.38. The molecule has 1 aromatic heterocycles. The van der Waals surface area contributed by atoms with Gasteiger partial charge in [0, 0.05) is 19.1 Å². The third kappa shape index (κ3) is 3.82. The van der Waals surface area contributed by atoms with Crippen LogP contribution in [0.1, 0.15) is 31.2 Å². The lowest BCUT2D eigenvalue weighted by molar-refractivity contribution is 0.228. The summed E-state index contributed by atoms with van der Waals surface area (Å²) in [5, 5.41) is 11.6. The average Bonchev–Trinajstić information content (AvgIpc) is 2.96. The van der Waals surface area contributed by atoms with E-state index in [-0.39, 0.29) is 0 Å². The first-order valence-electron chi connectivity index (χ1n) is 7.68. The monoisotopic (exact) mass is 286 g/mol. The van der Waals surface area contributed by atoms with E-state index < -0.39 is 0 Å². The number of aromatic nitrogens is 2. The molecule has 5 nitrogen and oxygen atoms in total. The van der Waals surface area contributed by atoms with Crippen molar-refractivity contribution >= 4 is 6.01 Å². The lowest BCUT2D eigenvalue weighted by atomic mass is 10.1. The zero-order valence-corrected chi connectivity index (χ0v) is 12.5. The third-order valence-electron chi connectivity index (χ3n) is 4.03. The highest BCUT2D eigenvalue weighted by molar-refractivity contribution is 5.22. The Morgan fingerprint density at radius 3 is 2.67 bits per heavy atom. The number of likely N-dealkylation sites (tertiary alicyclic amines) is 1. The van der Waals surface area contributed by atoms with Crippen LogP contribution in [-0.2, 0) is 6.42 Å². The SMILES string of the molecule is CCN1CCC(Nc2nnc(Cc3ccccc3)o2)CC1. The summed E-state index contributed by atoms with van der Waals surface area (Å²) in [6.45, 7) is 5.62. The Morgan fingerprint density at radius 2 is 1.95 bits per heavy atom. The molecule has 0 spiro atoms. The van der Waals surface area contributed by atoms with Crippen LogP contribution in [-0.4, -0.2) is 40.8 Å². The molecule has 0 radical (unpaired) electrons. The molecular formula is C16H22N4O. The minimum Gasteiger partial charge on any atom is -0.408 e. The second-order valence-corrected chi connectivity index (χ2v) is 5.52. The summed E-state index contributed by atoms with van der Waals surface area (Å²) in [5.74, 6) is 0.662. The van der Waals surface area contributed by atoms with Gasteiger partial charge in [0.2, 0.25) is 5.89 Å². The van der Waals surface area contributed by atoms with Crippen molar-refractivity contribution in [1.29, 1.82) is 0 Å². The van der Waals surface area contributed by atoms with Crippen molar-refractivity contribution in [3.63, 3.8) is 0 Å². The minimum absolute atomic E-state index is 0.442. The van der Waals surface area contributed by atoms with Crippen LogP contribution in [0.15, 0.2) is 34.7 Å². The zero-order valence-electron chi connectivity index (χ0n) is 12.5. The summed E-state index contributed by atoms with van der Waals surface area (Å²) in [5.41, 5.74) is 1.18. The number of hydrogen-bond acceptors (Lipinski definition) is 5. The van der Waals surface area contributed by atoms with E-state index in [2.05, 4.69) is 39.5 Å². The number of hydrogen-bond donors (Lipinski definition) is 1. The molecule has 0 atom stereocenters. The Balaban J connectivity index is 1.53. The molecule has 1 fully saturated rings. The zero-order chi connectivity index (χ0) is 14.5. The van der Waals surface area contributed by atoms with Gasteiger partial charge in [-0.3, -0.25) is 0 Å². The molecule has 1 saturated heterocycles. The van der Waals surface area contributed by atoms with Gasteiger partial charge in [-0.2, -0.15) is 0 Å². The van der Waals surface area contributed by atoms with Crippen LogP contribution in [0.2, 0.25) is 0 Å². The van der Waals surface area contributed by atoms with Crippen LogP contribution in [0.25, 0.3) is 0 Å². The second kappa shape index (κ2) is 6.72. The third-order valence-corrected chi connectivity index (χ3v) is 4.03. The molecule has 112 valence electrons. The predicted octanol–water partition coefficient (Wildman–Crippen LogP) is 2.56. The fourth-order valence-corrected chi connectivity index (χ4v) is 2.72. The second-order valence-electron chi connectivity index (χ2n) is 5.52. The van der Waals surface area contributed by atoms with Crippen molar-refractivity contribution in [3.05, 3.63) is 41.8 Å². The Kier molecular flexibility index (Phi) is 4.50. The number of benzene rings is 1. The molecule has 21 heavy (non-hydrogen) atoms. The van der Waals surface area contributed by atoms with Crippen LogP contribution in [0.5, 0.6) is 0 Å². The van der Waals surface area contributed by atoms with Gasteiger partial charge < -0.3 is 14.6 Å². The van der Waals surface area contributed by atoms with Gasteiger partial charge in [0.1, 0.15) is 0 Å². The van der Waals surface area contributed by atoms with E-state index >= 15 is 0 Å². The van der Waals surface area contributed by atoms with Gasteiger partial charge in [-0.05, 0) is 24.9 Å². The molecule has 3 rings (SSSR count). The van der Waals surface area contributed by atoms with Gasteiger partial charge in [0.15, 0.2) is 0 Å². The molecule has 0 bridgehead atoms. The van der Waals surface area contributed by atoms with Crippen molar-refractivity contribution < 1.29 is 4.42 Å². The van der Waals surface area contributed by atoms with Gasteiger partial charge in [-0.1, -0.05) is 42.4 Å². The number of nitrogens with zero attached hydrogens (tertiary/aromatic N) is 3. The molecule has 2 aromatic rings. The summed E-state index contributed by atoms with van der Waals surface area (Å²) in [7, 11) is 0. The summed E-state index contributed by atoms with van der Waals surface area (Å²) >= 11 is 0. The first kappa shape index (κ1) is 14.1. The fourth-order valence-electron chi connectivity index (χ4n) is 2.72. The molecule has 1 aliphatic heterocycles. The fraction of sp³-hybridized carbons (Fsp3) is 0.500. The molecule has 1 aromatic carbocycles. The van der Waals surface area contributed by atoms with Crippen molar-refractivity contribution in [1.82, 2.24) is 15.1 Å². The number of nitrogens with one attached hydrogen (secondary N) is 1. The maximum atomic E-state index is 5.70. The van der Waals surface area contributed by atoms with Gasteiger partial charge in [0.25, 0.3) is 0 Å². The largest absolute Gasteiger partial charge is 0.408 e. The van der Waals surface area contributed by atoms with E-state index in [1.165, 1.54) is 5.56 Å². The van der Waals surface area contributed by atoms with Crippen LogP contribution in [0, 0.1) is 0 Å². The van der Waals surface area contributed by atoms with E-state index in [0.29, 0.717) is 24.4 Å². The molecule has 1 N–H and O–H groups in total. The molecule has 0 amide bonds. The van der Waals surface area contributed by atoms with Crippen molar-refractivity contribution in [2.75, 3.05) is 25.0 Å². The molecule has 0 aliphatic carbocycles. The van der Waals surface area contributed by atoms with Gasteiger partial charge in [0.05, 0.1) is 6.42 Å². The first-order chi connectivity index (χ1) is 10.3. The number of anilines is 1. The van der Waals surface area contributed by atoms with E-state index in [4.69, 9.17) is 4.42 Å². The maximum Gasteiger partial charge on any atom is 0.315 e. The first-order valence-corrected chi connectivity index (χ1v) is 7.68. The normalized spacial score (nSPS) is 17.0. The predicted molar refractivity (Wildman–Crippen MR) is 82.3 cm³/mol. The summed E-state index contributed by atoms with van der Waals surface area (Å²) < 4.78 is 5.70. The maximum absolute atomic E-state index is 5.70. The van der Waals surface area contributed by atoms with Gasteiger partial charge in [-0.15, -0.1) is 5.10 Å². The highest BCUT2D eigenvalue weighted by atomic mass is 16.4. The molecule has 2 heterocycles. The average molecular weight is 286 g/mol. The highest BCUT2D eigenvalue weighted by Gasteiger charge is 2.19. The Labute approximate surface area is 125 Å². The van der Waals surface area contributed by atoms with E-state index in [0.717, 1.165) is 32.5 Å². The minimum atomic E-state index is 0.442. The van der Waals surface area contributed by atoms with Crippen molar-refractivity contribution in [2.45, 2.75) is 32.2 Å². The van der Waals surface area contributed by atoms with Crippen LogP contribution >= 0.6 is 0 Å². The quantitative estimate of drug-likeness (QED) is 0.915. The van der Waals surface area contributed by atoms with E-state index in [9.17, 15) is 0 Å². The molecule has 1 aliphatic rings. The Bertz CT molecular complexity index is 546. The standard InChI is InChI=1S/C16H22N4O/c1-2-20-10-8-14(9-11-20)17-16-19-18-15(21-16)12-13-6-4-3-5-7-13/h3-7,14H,2,8-12H2,1H3,(H,17,19). The van der Waals surface area contributed by atoms with Crippen LogP contribution in [0.4, 0.5) is 6.01 Å². The Morgan fingerprint density at radius 1 is 1.19 bits per heavy atom. The van der Waals surface area contributed by atoms with E-state index in [1.807, 2.05) is 18.2 Å². The molecular weight excluding hydrogens is 264 g/mol. The van der Waals surface area contributed by atoms with E-state index in [1.54, 1.807) is 0 Å². The van der Waals surface area contributed by atoms with Crippen molar-refractivity contribution in [3.8, 4) is 0 Å². The molecule has 0 saturated carbocycles. The van der Waals surface area contributed by atoms with Gasteiger partial charge in [-0.25, -0.2) is 0 Å². The van der Waals surface area contributed by atoms with Crippen LogP contribution in [0.3, 0.4) is 0 Å². The van der Waals surface area contributed by atoms with Crippen molar-refractivity contribution in [2.24, 2.45) is 0 Å². The number of rotatable bonds is 5. The summed E-state index contributed by atoms with van der Waals surface area (Å²) in [6.07, 6.45) is 2.94. The summed E-state index contributed by atoms with van der Waals surface area (Å²) in [6, 6.07) is 11.2. The number of piperidine rings is 1. The highest BCUT2D eigenvalue weighted by Crippen LogP contribution is 2.16. The Hall–Kier alpha value is -1.88. The smallest absolute Gasteiger partial charge is 0.315 e.